The van der Waals surface area contributed by atoms with Crippen molar-refractivity contribution in [3.63, 3.8) is 0 Å². The van der Waals surface area contributed by atoms with E-state index in [0.29, 0.717) is 5.57 Å². The van der Waals surface area contributed by atoms with Crippen molar-refractivity contribution in [2.45, 2.75) is 85.9 Å². The molecule has 3 N–H and O–H groups in total. The van der Waals surface area contributed by atoms with E-state index in [1.807, 2.05) is 48.5 Å². The third kappa shape index (κ3) is 8.65. The lowest BCUT2D eigenvalue weighted by Crippen LogP contribution is -2.61. The van der Waals surface area contributed by atoms with Crippen LogP contribution >= 0.6 is 0 Å². The number of nitrogens with one attached hydrogen (secondary N) is 2. The number of carbonyl (C=O) groups excluding carboxylic acids is 3. The molecule has 1 aromatic rings. The van der Waals surface area contributed by atoms with Crippen LogP contribution in [0.1, 0.15) is 78.2 Å². The molecule has 1 aromatic carbocycles. The topological polar surface area (TPSA) is 125 Å². The van der Waals surface area contributed by atoms with Gasteiger partial charge in [-0.25, -0.2) is 9.59 Å². The second-order valence-electron chi connectivity index (χ2n) is 11.9. The Labute approximate surface area is 233 Å². The number of hydrogen-bond donors (Lipinski definition) is 3. The first kappa shape index (κ1) is 33.8. The molecule has 0 saturated heterocycles. The summed E-state index contributed by atoms with van der Waals surface area (Å²) in [5.74, 6) is -2.09. The van der Waals surface area contributed by atoms with Gasteiger partial charge in [0, 0.05) is 18.0 Å². The maximum absolute atomic E-state index is 13.9. The zero-order valence-electron chi connectivity index (χ0n) is 25.3. The number of ether oxygens (including phenoxy) is 1. The van der Waals surface area contributed by atoms with E-state index in [-0.39, 0.29) is 29.9 Å². The van der Waals surface area contributed by atoms with E-state index in [0.717, 1.165) is 5.56 Å². The molecule has 3 atom stereocenters. The van der Waals surface area contributed by atoms with Crippen LogP contribution in [0.15, 0.2) is 35.9 Å². The number of esters is 1. The molecule has 0 aliphatic carbocycles. The number of hydrogen-bond acceptors (Lipinski definition) is 6. The van der Waals surface area contributed by atoms with Crippen LogP contribution in [0.3, 0.4) is 0 Å². The molecule has 9 heteroatoms. The Bertz CT molecular complexity index is 1050. The van der Waals surface area contributed by atoms with Crippen molar-refractivity contribution in [3.05, 3.63) is 47.0 Å². The molecule has 218 valence electrons. The smallest absolute Gasteiger partial charge is 0.335 e. The zero-order chi connectivity index (χ0) is 30.3. The van der Waals surface area contributed by atoms with E-state index in [1.165, 1.54) is 12.1 Å². The molecule has 2 amide bonds. The van der Waals surface area contributed by atoms with Gasteiger partial charge in [0.05, 0.1) is 24.3 Å². The lowest BCUT2D eigenvalue weighted by atomic mass is 9.76. The molecule has 39 heavy (non-hydrogen) atoms. The third-order valence-corrected chi connectivity index (χ3v) is 7.04. The quantitative estimate of drug-likeness (QED) is 0.270. The Hall–Kier alpha value is -3.20. The molecular formula is C30H47N3O6. The molecule has 0 aromatic heterocycles. The van der Waals surface area contributed by atoms with Crippen LogP contribution in [0.5, 0.6) is 0 Å². The first-order valence-electron chi connectivity index (χ1n) is 13.3. The minimum atomic E-state index is -1.02. The van der Waals surface area contributed by atoms with Gasteiger partial charge in [0.1, 0.15) is 6.04 Å². The normalized spacial score (nSPS) is 14.8. The van der Waals surface area contributed by atoms with Crippen LogP contribution in [-0.2, 0) is 24.5 Å². The summed E-state index contributed by atoms with van der Waals surface area (Å²) in [4.78, 5) is 52.6. The second kappa shape index (κ2) is 13.7. The summed E-state index contributed by atoms with van der Waals surface area (Å²) in [6.07, 6.45) is 1.74. The van der Waals surface area contributed by atoms with Gasteiger partial charge in [0.2, 0.25) is 11.8 Å². The highest BCUT2D eigenvalue weighted by Crippen LogP contribution is 2.29. The summed E-state index contributed by atoms with van der Waals surface area (Å²) < 4.78 is 5.10. The van der Waals surface area contributed by atoms with Crippen molar-refractivity contribution in [1.82, 2.24) is 15.5 Å². The average molecular weight is 546 g/mol. The molecule has 3 unspecified atom stereocenters. The minimum absolute atomic E-state index is 0.00240. The molecule has 1 rings (SSSR count). The maximum atomic E-state index is 13.9. The average Bonchev–Trinajstić information content (AvgIpc) is 2.84. The monoisotopic (exact) mass is 545 g/mol. The number of carbonyl (C=O) groups is 4. The molecule has 0 bridgehead atoms. The third-order valence-electron chi connectivity index (χ3n) is 7.04. The molecule has 0 radical (unpaired) electrons. The fourth-order valence-electron chi connectivity index (χ4n) is 4.57. The van der Waals surface area contributed by atoms with E-state index < -0.39 is 40.9 Å². The Morgan fingerprint density at radius 3 is 1.97 bits per heavy atom. The molecule has 0 spiro atoms. The van der Waals surface area contributed by atoms with Crippen molar-refractivity contribution in [2.75, 3.05) is 20.7 Å². The van der Waals surface area contributed by atoms with E-state index >= 15 is 0 Å². The summed E-state index contributed by atoms with van der Waals surface area (Å²) in [5.41, 5.74) is 0.00402. The minimum Gasteiger partial charge on any atom is -0.478 e. The number of benzene rings is 1. The highest BCUT2D eigenvalue weighted by molar-refractivity contribution is 5.92. The van der Waals surface area contributed by atoms with Crippen LogP contribution in [-0.4, -0.2) is 72.6 Å². The van der Waals surface area contributed by atoms with Crippen LogP contribution in [0.2, 0.25) is 0 Å². The van der Waals surface area contributed by atoms with Crippen LogP contribution < -0.4 is 10.6 Å². The van der Waals surface area contributed by atoms with Gasteiger partial charge in [0.15, 0.2) is 0 Å². The van der Waals surface area contributed by atoms with Gasteiger partial charge in [-0.1, -0.05) is 66.7 Å². The Kier molecular flexibility index (Phi) is 11.9. The number of carboxylic acid groups (broad SMARTS) is 1. The van der Waals surface area contributed by atoms with Gasteiger partial charge < -0.3 is 25.4 Å². The van der Waals surface area contributed by atoms with Crippen LogP contribution in [0.25, 0.3) is 0 Å². The molecule has 0 aliphatic heterocycles. The van der Waals surface area contributed by atoms with Crippen molar-refractivity contribution >= 4 is 23.8 Å². The first-order chi connectivity index (χ1) is 17.9. The summed E-state index contributed by atoms with van der Waals surface area (Å²) in [6.45, 7) is 17.0. The van der Waals surface area contributed by atoms with Gasteiger partial charge in [0.25, 0.3) is 0 Å². The van der Waals surface area contributed by atoms with Gasteiger partial charge >= 0.3 is 11.9 Å². The molecule has 0 aliphatic rings. The fourth-order valence-corrected chi connectivity index (χ4v) is 4.57. The number of rotatable bonds is 12. The molecule has 0 fully saturated rings. The second-order valence-corrected chi connectivity index (χ2v) is 11.9. The van der Waals surface area contributed by atoms with Gasteiger partial charge in [-0.2, -0.15) is 0 Å². The lowest BCUT2D eigenvalue weighted by Gasteiger charge is -2.40. The summed E-state index contributed by atoms with van der Waals surface area (Å²) in [5, 5.41) is 15.3. The number of amides is 2. The predicted molar refractivity (Wildman–Crippen MR) is 152 cm³/mol. The molecule has 0 saturated carbocycles. The summed E-state index contributed by atoms with van der Waals surface area (Å²) in [7, 11) is 3.35. The van der Waals surface area contributed by atoms with E-state index in [4.69, 9.17) is 4.74 Å². The van der Waals surface area contributed by atoms with Crippen LogP contribution in [0, 0.1) is 11.3 Å². The van der Waals surface area contributed by atoms with Crippen molar-refractivity contribution in [1.29, 1.82) is 0 Å². The number of nitrogens with zero attached hydrogens (tertiary/aromatic N) is 1. The van der Waals surface area contributed by atoms with E-state index in [9.17, 15) is 24.3 Å². The highest BCUT2D eigenvalue weighted by atomic mass is 16.5. The molecule has 9 nitrogen and oxygen atoms in total. The van der Waals surface area contributed by atoms with E-state index in [2.05, 4.69) is 10.6 Å². The Morgan fingerprint density at radius 1 is 1.03 bits per heavy atom. The predicted octanol–water partition coefficient (Wildman–Crippen LogP) is 3.77. The van der Waals surface area contributed by atoms with Crippen molar-refractivity contribution < 1.29 is 29.0 Å². The number of aromatic carboxylic acids is 1. The number of carboxylic acids is 1. The van der Waals surface area contributed by atoms with Gasteiger partial charge in [-0.15, -0.1) is 0 Å². The van der Waals surface area contributed by atoms with Gasteiger partial charge in [-0.05, 0) is 49.9 Å². The van der Waals surface area contributed by atoms with E-state index in [1.54, 1.807) is 51.1 Å². The fraction of sp³-hybridized carbons (Fsp3) is 0.600. The van der Waals surface area contributed by atoms with Crippen LogP contribution in [0.4, 0.5) is 0 Å². The number of likely N-dealkylation sites (N-methyl/N-ethyl adjacent to an activating group) is 2. The SMILES string of the molecule is CCOC(=O)C(C)=CC(C(C)C)N(C)C(=O)C(NC(=O)C(NC)C(C)(C)c1ccc(C(=O)O)cc1)C(C)(C)C. The summed E-state index contributed by atoms with van der Waals surface area (Å²) >= 11 is 0. The van der Waals surface area contributed by atoms with Crippen molar-refractivity contribution in [2.24, 2.45) is 11.3 Å². The molecular weight excluding hydrogens is 498 g/mol. The maximum Gasteiger partial charge on any atom is 0.335 e. The van der Waals surface area contributed by atoms with Gasteiger partial charge in [-0.3, -0.25) is 9.59 Å². The Morgan fingerprint density at radius 2 is 1.56 bits per heavy atom. The first-order valence-corrected chi connectivity index (χ1v) is 13.3. The van der Waals surface area contributed by atoms with Crippen molar-refractivity contribution in [3.8, 4) is 0 Å². The summed E-state index contributed by atoms with van der Waals surface area (Å²) in [6, 6.07) is 4.46. The highest BCUT2D eigenvalue weighted by Gasteiger charge is 2.41. The zero-order valence-corrected chi connectivity index (χ0v) is 25.3. The molecule has 0 heterocycles. The Balaban J connectivity index is 3.32. The lowest BCUT2D eigenvalue weighted by molar-refractivity contribution is -0.141. The standard InChI is InChI=1S/C30H47N3O6/c1-12-39-28(38)19(4)17-22(18(2)3)33(11)26(35)24(29(5,6)7)32-25(34)23(31-10)30(8,9)21-15-13-20(14-16-21)27(36)37/h13-18,22-24,31H,12H2,1-11H3,(H,32,34)(H,36,37). The largest absolute Gasteiger partial charge is 0.478 e.